The first-order valence-corrected chi connectivity index (χ1v) is 7.37. The van der Waals surface area contributed by atoms with E-state index in [-0.39, 0.29) is 0 Å². The summed E-state index contributed by atoms with van der Waals surface area (Å²) in [6.45, 7) is 0. The standard InChI is InChI=1S/C14H17BrClN3/c1-17-13(5-6-14-18-7-8-19(14)2)10-3-4-12(16)11(15)9-10/h3-4,7-9,13,17H,5-6H2,1-2H3. The van der Waals surface area contributed by atoms with Crippen LogP contribution in [0.15, 0.2) is 35.1 Å². The van der Waals surface area contributed by atoms with Crippen molar-refractivity contribution in [3.05, 3.63) is 51.5 Å². The van der Waals surface area contributed by atoms with Crippen molar-refractivity contribution in [3.8, 4) is 0 Å². The number of aromatic nitrogens is 2. The molecule has 1 heterocycles. The van der Waals surface area contributed by atoms with Crippen molar-refractivity contribution in [2.45, 2.75) is 18.9 Å². The van der Waals surface area contributed by atoms with Gasteiger partial charge in [0.15, 0.2) is 0 Å². The summed E-state index contributed by atoms with van der Waals surface area (Å²) in [7, 11) is 4.00. The minimum absolute atomic E-state index is 0.297. The molecule has 102 valence electrons. The van der Waals surface area contributed by atoms with Crippen LogP contribution in [-0.4, -0.2) is 16.6 Å². The number of nitrogens with one attached hydrogen (secondary N) is 1. The van der Waals surface area contributed by atoms with Crippen molar-refractivity contribution >= 4 is 27.5 Å². The molecule has 19 heavy (non-hydrogen) atoms. The molecule has 0 radical (unpaired) electrons. The van der Waals surface area contributed by atoms with E-state index in [0.717, 1.165) is 28.2 Å². The molecule has 0 aliphatic heterocycles. The van der Waals surface area contributed by atoms with Gasteiger partial charge in [-0.3, -0.25) is 0 Å². The van der Waals surface area contributed by atoms with Crippen LogP contribution in [0.2, 0.25) is 5.02 Å². The summed E-state index contributed by atoms with van der Waals surface area (Å²) in [4.78, 5) is 4.35. The van der Waals surface area contributed by atoms with Crippen LogP contribution in [-0.2, 0) is 13.5 Å². The molecule has 0 aliphatic rings. The monoisotopic (exact) mass is 341 g/mol. The number of hydrogen-bond donors (Lipinski definition) is 1. The molecule has 1 atom stereocenters. The molecule has 1 aromatic heterocycles. The third kappa shape index (κ3) is 3.59. The van der Waals surface area contributed by atoms with E-state index in [0.29, 0.717) is 6.04 Å². The Balaban J connectivity index is 2.07. The van der Waals surface area contributed by atoms with Gasteiger partial charge in [-0.25, -0.2) is 4.98 Å². The fraction of sp³-hybridized carbons (Fsp3) is 0.357. The fourth-order valence-electron chi connectivity index (χ4n) is 2.12. The van der Waals surface area contributed by atoms with Gasteiger partial charge in [-0.05, 0) is 47.1 Å². The molecule has 0 saturated carbocycles. The number of imidazole rings is 1. The molecule has 5 heteroatoms. The number of benzene rings is 1. The molecule has 2 rings (SSSR count). The Labute approximate surface area is 127 Å². The molecule has 2 aromatic rings. The number of hydrogen-bond acceptors (Lipinski definition) is 2. The Hall–Kier alpha value is -0.840. The number of rotatable bonds is 5. The summed E-state index contributed by atoms with van der Waals surface area (Å²) in [6.07, 6.45) is 5.75. The lowest BCUT2D eigenvalue weighted by Gasteiger charge is -2.17. The molecule has 0 aliphatic carbocycles. The van der Waals surface area contributed by atoms with Gasteiger partial charge >= 0.3 is 0 Å². The molecule has 1 N–H and O–H groups in total. The van der Waals surface area contributed by atoms with Gasteiger partial charge in [-0.2, -0.15) is 0 Å². The molecular formula is C14H17BrClN3. The van der Waals surface area contributed by atoms with Crippen LogP contribution in [0.3, 0.4) is 0 Å². The van der Waals surface area contributed by atoms with Gasteiger partial charge in [0, 0.05) is 36.4 Å². The minimum Gasteiger partial charge on any atom is -0.338 e. The van der Waals surface area contributed by atoms with E-state index in [1.54, 1.807) is 0 Å². The fourth-order valence-corrected chi connectivity index (χ4v) is 2.63. The Kier molecular flexibility index (Phi) is 5.02. The molecular weight excluding hydrogens is 326 g/mol. The van der Waals surface area contributed by atoms with Crippen molar-refractivity contribution in [1.82, 2.24) is 14.9 Å². The van der Waals surface area contributed by atoms with E-state index < -0.39 is 0 Å². The second-order valence-corrected chi connectivity index (χ2v) is 5.77. The van der Waals surface area contributed by atoms with Crippen molar-refractivity contribution in [2.75, 3.05) is 7.05 Å². The summed E-state index contributed by atoms with van der Waals surface area (Å²) in [6, 6.07) is 6.35. The first kappa shape index (κ1) is 14.6. The van der Waals surface area contributed by atoms with E-state index in [4.69, 9.17) is 11.6 Å². The van der Waals surface area contributed by atoms with E-state index in [1.165, 1.54) is 5.56 Å². The number of nitrogens with zero attached hydrogens (tertiary/aromatic N) is 2. The van der Waals surface area contributed by atoms with Gasteiger partial charge in [0.2, 0.25) is 0 Å². The zero-order valence-corrected chi connectivity index (χ0v) is 13.4. The topological polar surface area (TPSA) is 29.9 Å². The Morgan fingerprint density at radius 1 is 1.47 bits per heavy atom. The number of aryl methyl sites for hydroxylation is 2. The highest BCUT2D eigenvalue weighted by molar-refractivity contribution is 9.10. The SMILES string of the molecule is CNC(CCc1nccn1C)c1ccc(Cl)c(Br)c1. The lowest BCUT2D eigenvalue weighted by atomic mass is 10.0. The van der Waals surface area contributed by atoms with Crippen molar-refractivity contribution < 1.29 is 0 Å². The summed E-state index contributed by atoms with van der Waals surface area (Å²) in [5.41, 5.74) is 1.23. The zero-order valence-electron chi connectivity index (χ0n) is 11.0. The van der Waals surface area contributed by atoms with Crippen LogP contribution in [0.4, 0.5) is 0 Å². The average molecular weight is 343 g/mol. The molecule has 3 nitrogen and oxygen atoms in total. The third-order valence-electron chi connectivity index (χ3n) is 3.27. The summed E-state index contributed by atoms with van der Waals surface area (Å²) >= 11 is 9.50. The molecule has 1 aromatic carbocycles. The largest absolute Gasteiger partial charge is 0.338 e. The van der Waals surface area contributed by atoms with Crippen molar-refractivity contribution in [3.63, 3.8) is 0 Å². The second kappa shape index (κ2) is 6.55. The van der Waals surface area contributed by atoms with E-state index in [2.05, 4.69) is 42.9 Å². The van der Waals surface area contributed by atoms with Crippen LogP contribution in [0, 0.1) is 0 Å². The van der Waals surface area contributed by atoms with Gasteiger partial charge in [-0.15, -0.1) is 0 Å². The molecule has 0 amide bonds. The van der Waals surface area contributed by atoms with Gasteiger partial charge in [0.1, 0.15) is 5.82 Å². The van der Waals surface area contributed by atoms with E-state index in [1.807, 2.05) is 32.6 Å². The molecule has 0 bridgehead atoms. The Morgan fingerprint density at radius 2 is 2.26 bits per heavy atom. The quantitative estimate of drug-likeness (QED) is 0.897. The summed E-state index contributed by atoms with van der Waals surface area (Å²) in [5, 5.41) is 4.08. The van der Waals surface area contributed by atoms with Gasteiger partial charge < -0.3 is 9.88 Å². The highest BCUT2D eigenvalue weighted by Gasteiger charge is 2.12. The van der Waals surface area contributed by atoms with E-state index in [9.17, 15) is 0 Å². The maximum absolute atomic E-state index is 6.03. The highest BCUT2D eigenvalue weighted by atomic mass is 79.9. The maximum atomic E-state index is 6.03. The summed E-state index contributed by atoms with van der Waals surface area (Å²) in [5.74, 6) is 1.10. The average Bonchev–Trinajstić information content (AvgIpc) is 2.80. The predicted molar refractivity (Wildman–Crippen MR) is 82.5 cm³/mol. The predicted octanol–water partition coefficient (Wildman–Crippen LogP) is 3.73. The van der Waals surface area contributed by atoms with Crippen molar-refractivity contribution in [2.24, 2.45) is 7.05 Å². The maximum Gasteiger partial charge on any atom is 0.108 e. The third-order valence-corrected chi connectivity index (χ3v) is 4.49. The van der Waals surface area contributed by atoms with Crippen LogP contribution in [0.5, 0.6) is 0 Å². The first-order chi connectivity index (χ1) is 9.11. The first-order valence-electron chi connectivity index (χ1n) is 6.20. The molecule has 1 unspecified atom stereocenters. The molecule has 0 spiro atoms. The smallest absolute Gasteiger partial charge is 0.108 e. The van der Waals surface area contributed by atoms with Gasteiger partial charge in [0.25, 0.3) is 0 Å². The molecule has 0 fully saturated rings. The van der Waals surface area contributed by atoms with Crippen LogP contribution in [0.25, 0.3) is 0 Å². The lowest BCUT2D eigenvalue weighted by molar-refractivity contribution is 0.536. The van der Waals surface area contributed by atoms with Crippen LogP contribution in [0.1, 0.15) is 23.9 Å². The zero-order chi connectivity index (χ0) is 13.8. The Bertz CT molecular complexity index is 553. The van der Waals surface area contributed by atoms with Gasteiger partial charge in [-0.1, -0.05) is 17.7 Å². The lowest BCUT2D eigenvalue weighted by Crippen LogP contribution is -2.17. The Morgan fingerprint density at radius 3 is 2.84 bits per heavy atom. The van der Waals surface area contributed by atoms with Crippen LogP contribution >= 0.6 is 27.5 Å². The number of halogens is 2. The van der Waals surface area contributed by atoms with Gasteiger partial charge in [0.05, 0.1) is 5.02 Å². The highest BCUT2D eigenvalue weighted by Crippen LogP contribution is 2.27. The molecule has 0 saturated heterocycles. The normalized spacial score (nSPS) is 12.6. The second-order valence-electron chi connectivity index (χ2n) is 4.51. The minimum atomic E-state index is 0.297. The van der Waals surface area contributed by atoms with Crippen LogP contribution < -0.4 is 5.32 Å². The van der Waals surface area contributed by atoms with E-state index >= 15 is 0 Å². The van der Waals surface area contributed by atoms with Crippen molar-refractivity contribution in [1.29, 1.82) is 0 Å². The summed E-state index contributed by atoms with van der Waals surface area (Å²) < 4.78 is 2.99.